The quantitative estimate of drug-likeness (QED) is 0.234. The third-order valence-corrected chi connectivity index (χ3v) is 3.43. The molecular formula is C18H34. The van der Waals surface area contributed by atoms with Crippen molar-refractivity contribution in [1.82, 2.24) is 0 Å². The summed E-state index contributed by atoms with van der Waals surface area (Å²) in [4.78, 5) is 0. The zero-order valence-electron chi connectivity index (χ0n) is 12.6. The summed E-state index contributed by atoms with van der Waals surface area (Å²) in [7, 11) is 0. The highest BCUT2D eigenvalue weighted by molar-refractivity contribution is 4.79. The van der Waals surface area contributed by atoms with Gasteiger partial charge in [-0.05, 0) is 32.1 Å². The van der Waals surface area contributed by atoms with Crippen molar-refractivity contribution >= 4 is 0 Å². The van der Waals surface area contributed by atoms with Crippen molar-refractivity contribution in [2.75, 3.05) is 0 Å². The molecule has 0 bridgehead atoms. The fourth-order valence-corrected chi connectivity index (χ4v) is 2.25. The second-order valence-corrected chi connectivity index (χ2v) is 5.28. The average Bonchev–Trinajstić information content (AvgIpc) is 2.39. The van der Waals surface area contributed by atoms with E-state index < -0.39 is 0 Å². The van der Waals surface area contributed by atoms with Crippen molar-refractivity contribution in [2.24, 2.45) is 0 Å². The van der Waals surface area contributed by atoms with Crippen LogP contribution in [0.4, 0.5) is 0 Å². The Balaban J connectivity index is 2.94. The predicted octanol–water partition coefficient (Wildman–Crippen LogP) is 6.82. The van der Waals surface area contributed by atoms with Crippen molar-refractivity contribution in [3.05, 3.63) is 24.8 Å². The lowest BCUT2D eigenvalue weighted by molar-refractivity contribution is 0.553. The average molecular weight is 250 g/mol. The van der Waals surface area contributed by atoms with E-state index in [9.17, 15) is 0 Å². The molecule has 0 saturated carbocycles. The molecule has 106 valence electrons. The fraction of sp³-hybridized carbons (Fsp3) is 0.778. The summed E-state index contributed by atoms with van der Waals surface area (Å²) in [5.41, 5.74) is 0. The highest BCUT2D eigenvalue weighted by atomic mass is 14.0. The van der Waals surface area contributed by atoms with Crippen molar-refractivity contribution in [3.8, 4) is 0 Å². The van der Waals surface area contributed by atoms with Gasteiger partial charge >= 0.3 is 0 Å². The van der Waals surface area contributed by atoms with E-state index in [0.717, 1.165) is 0 Å². The Morgan fingerprint density at radius 1 is 0.611 bits per heavy atom. The Labute approximate surface area is 116 Å². The summed E-state index contributed by atoms with van der Waals surface area (Å²) in [5.74, 6) is 0. The maximum absolute atomic E-state index is 3.76. The van der Waals surface area contributed by atoms with Gasteiger partial charge in [0.1, 0.15) is 0 Å². The Bertz CT molecular complexity index is 178. The maximum atomic E-state index is 3.76. The zero-order chi connectivity index (χ0) is 13.3. The van der Waals surface area contributed by atoms with Gasteiger partial charge in [-0.15, -0.1) is 6.58 Å². The van der Waals surface area contributed by atoms with Crippen molar-refractivity contribution in [2.45, 2.75) is 90.4 Å². The summed E-state index contributed by atoms with van der Waals surface area (Å²) < 4.78 is 0. The molecule has 0 rings (SSSR count). The topological polar surface area (TPSA) is 0 Å². The van der Waals surface area contributed by atoms with Crippen molar-refractivity contribution in [3.63, 3.8) is 0 Å². The molecule has 0 aliphatic carbocycles. The molecule has 0 unspecified atom stereocenters. The van der Waals surface area contributed by atoms with Crippen LogP contribution >= 0.6 is 0 Å². The Morgan fingerprint density at radius 2 is 1.06 bits per heavy atom. The predicted molar refractivity (Wildman–Crippen MR) is 85.0 cm³/mol. The molecule has 0 nitrogen and oxygen atoms in total. The molecule has 0 heterocycles. The van der Waals surface area contributed by atoms with E-state index in [1.807, 2.05) is 6.08 Å². The number of unbranched alkanes of at least 4 members (excludes halogenated alkanes) is 11. The van der Waals surface area contributed by atoms with Crippen LogP contribution in [-0.4, -0.2) is 0 Å². The van der Waals surface area contributed by atoms with E-state index in [-0.39, 0.29) is 0 Å². The fourth-order valence-electron chi connectivity index (χ4n) is 2.25. The highest BCUT2D eigenvalue weighted by Gasteiger charge is 1.92. The van der Waals surface area contributed by atoms with Gasteiger partial charge in [-0.25, -0.2) is 0 Å². The number of rotatable bonds is 14. The molecule has 0 atom stereocenters. The SMILES string of the molecule is C=CCCCCCCCCCCCCC=CCC. The van der Waals surface area contributed by atoms with E-state index in [1.165, 1.54) is 83.5 Å². The smallest absolute Gasteiger partial charge is 0.0351 e. The van der Waals surface area contributed by atoms with Gasteiger partial charge in [-0.2, -0.15) is 0 Å². The number of hydrogen-bond acceptors (Lipinski definition) is 0. The van der Waals surface area contributed by atoms with E-state index in [1.54, 1.807) is 0 Å². The van der Waals surface area contributed by atoms with E-state index in [4.69, 9.17) is 0 Å². The van der Waals surface area contributed by atoms with E-state index in [2.05, 4.69) is 25.7 Å². The molecule has 0 amide bonds. The van der Waals surface area contributed by atoms with Crippen molar-refractivity contribution in [1.29, 1.82) is 0 Å². The van der Waals surface area contributed by atoms with Crippen LogP contribution in [0.3, 0.4) is 0 Å². The standard InChI is InChI=1S/C18H34/c1-3-5-7-9-11-13-15-17-18-16-14-12-10-8-6-4-2/h3,6,8H,1,4-5,7,9-18H2,2H3. The minimum Gasteiger partial charge on any atom is -0.103 e. The first-order chi connectivity index (χ1) is 8.91. The summed E-state index contributed by atoms with van der Waals surface area (Å²) >= 11 is 0. The van der Waals surface area contributed by atoms with Crippen LogP contribution in [-0.2, 0) is 0 Å². The third kappa shape index (κ3) is 15.5. The summed E-state index contributed by atoms with van der Waals surface area (Å²) in [6, 6.07) is 0. The second kappa shape index (κ2) is 16.5. The van der Waals surface area contributed by atoms with Crippen LogP contribution in [0.2, 0.25) is 0 Å². The monoisotopic (exact) mass is 250 g/mol. The lowest BCUT2D eigenvalue weighted by Crippen LogP contribution is -1.82. The maximum Gasteiger partial charge on any atom is -0.0351 e. The molecule has 0 spiro atoms. The normalized spacial score (nSPS) is 11.2. The van der Waals surface area contributed by atoms with Gasteiger partial charge in [0, 0.05) is 0 Å². The van der Waals surface area contributed by atoms with Gasteiger partial charge < -0.3 is 0 Å². The molecular weight excluding hydrogens is 216 g/mol. The zero-order valence-corrected chi connectivity index (χ0v) is 12.6. The van der Waals surface area contributed by atoms with Crippen LogP contribution in [0.1, 0.15) is 90.4 Å². The number of allylic oxidation sites excluding steroid dienone is 3. The molecule has 0 radical (unpaired) electrons. The Kier molecular flexibility index (Phi) is 16.0. The largest absolute Gasteiger partial charge is 0.103 e. The first-order valence-electron chi connectivity index (χ1n) is 8.17. The molecule has 0 aromatic carbocycles. The molecule has 0 aliphatic rings. The number of hydrogen-bond donors (Lipinski definition) is 0. The van der Waals surface area contributed by atoms with Gasteiger partial charge in [-0.3, -0.25) is 0 Å². The summed E-state index contributed by atoms with van der Waals surface area (Å²) in [5, 5.41) is 0. The minimum atomic E-state index is 1.19. The lowest BCUT2D eigenvalue weighted by atomic mass is 10.1. The molecule has 0 aliphatic heterocycles. The van der Waals surface area contributed by atoms with Crippen LogP contribution in [0.15, 0.2) is 24.8 Å². The van der Waals surface area contributed by atoms with Gasteiger partial charge in [0.05, 0.1) is 0 Å². The van der Waals surface area contributed by atoms with Gasteiger partial charge in [0.2, 0.25) is 0 Å². The molecule has 0 aromatic rings. The second-order valence-electron chi connectivity index (χ2n) is 5.28. The Hall–Kier alpha value is -0.520. The minimum absolute atomic E-state index is 1.19. The third-order valence-electron chi connectivity index (χ3n) is 3.43. The highest BCUT2D eigenvalue weighted by Crippen LogP contribution is 2.12. The summed E-state index contributed by atoms with van der Waals surface area (Å²) in [6.07, 6.45) is 24.5. The Morgan fingerprint density at radius 3 is 1.50 bits per heavy atom. The summed E-state index contributed by atoms with van der Waals surface area (Å²) in [6.45, 7) is 5.96. The van der Waals surface area contributed by atoms with E-state index in [0.29, 0.717) is 0 Å². The molecule has 0 fully saturated rings. The molecule has 0 saturated heterocycles. The molecule has 0 heteroatoms. The van der Waals surface area contributed by atoms with Gasteiger partial charge in [0.25, 0.3) is 0 Å². The van der Waals surface area contributed by atoms with Crippen molar-refractivity contribution < 1.29 is 0 Å². The van der Waals surface area contributed by atoms with E-state index >= 15 is 0 Å². The first-order valence-corrected chi connectivity index (χ1v) is 8.17. The van der Waals surface area contributed by atoms with Crippen LogP contribution < -0.4 is 0 Å². The van der Waals surface area contributed by atoms with Crippen LogP contribution in [0.25, 0.3) is 0 Å². The van der Waals surface area contributed by atoms with Crippen LogP contribution in [0, 0.1) is 0 Å². The molecule has 0 N–H and O–H groups in total. The van der Waals surface area contributed by atoms with Gasteiger partial charge in [0.15, 0.2) is 0 Å². The van der Waals surface area contributed by atoms with Crippen LogP contribution in [0.5, 0.6) is 0 Å². The molecule has 18 heavy (non-hydrogen) atoms. The first kappa shape index (κ1) is 17.5. The van der Waals surface area contributed by atoms with Gasteiger partial charge in [-0.1, -0.05) is 76.5 Å². The lowest BCUT2D eigenvalue weighted by Gasteiger charge is -2.01. The molecule has 0 aromatic heterocycles.